The van der Waals surface area contributed by atoms with Crippen molar-refractivity contribution in [1.29, 1.82) is 0 Å². The summed E-state index contributed by atoms with van der Waals surface area (Å²) < 4.78 is 0. The van der Waals surface area contributed by atoms with Crippen molar-refractivity contribution in [3.05, 3.63) is 34.9 Å². The van der Waals surface area contributed by atoms with Crippen LogP contribution in [0.2, 0.25) is 5.02 Å². The van der Waals surface area contributed by atoms with Gasteiger partial charge in [0.15, 0.2) is 0 Å². The Balaban J connectivity index is 2.60. The predicted octanol–water partition coefficient (Wildman–Crippen LogP) is 2.54. The van der Waals surface area contributed by atoms with E-state index in [0.29, 0.717) is 11.4 Å². The van der Waals surface area contributed by atoms with E-state index in [1.54, 1.807) is 13.0 Å². The molecule has 76 valence electrons. The molecule has 0 saturated heterocycles. The lowest BCUT2D eigenvalue weighted by molar-refractivity contribution is 0.190. The molecule has 0 heterocycles. The molecule has 1 atom stereocenters. The molecule has 1 amide bonds. The number of hydrogen-bond donors (Lipinski definition) is 2. The second kappa shape index (κ2) is 4.86. The molecule has 0 aliphatic carbocycles. The second-order valence-corrected chi connectivity index (χ2v) is 3.55. The van der Waals surface area contributed by atoms with Gasteiger partial charge in [-0.05, 0) is 25.0 Å². The maximum atomic E-state index is 10.3. The fourth-order valence-electron chi connectivity index (χ4n) is 1.26. The van der Waals surface area contributed by atoms with Crippen molar-refractivity contribution in [2.24, 2.45) is 0 Å². The van der Waals surface area contributed by atoms with Gasteiger partial charge in [-0.2, -0.15) is 0 Å². The highest BCUT2D eigenvalue weighted by Gasteiger charge is 2.07. The molecule has 1 unspecified atom stereocenters. The van der Waals surface area contributed by atoms with Crippen molar-refractivity contribution in [2.45, 2.75) is 19.4 Å². The monoisotopic (exact) mass is 213 g/mol. The van der Waals surface area contributed by atoms with Crippen LogP contribution in [0.25, 0.3) is 0 Å². The molecule has 0 bridgehead atoms. The van der Waals surface area contributed by atoms with E-state index < -0.39 is 6.09 Å². The van der Waals surface area contributed by atoms with Gasteiger partial charge in [-0.3, -0.25) is 0 Å². The third-order valence-electron chi connectivity index (χ3n) is 1.85. The van der Waals surface area contributed by atoms with Crippen LogP contribution in [0.4, 0.5) is 4.79 Å². The molecule has 0 aliphatic rings. The van der Waals surface area contributed by atoms with Gasteiger partial charge in [0.2, 0.25) is 0 Å². The van der Waals surface area contributed by atoms with Crippen molar-refractivity contribution in [2.75, 3.05) is 0 Å². The number of carboxylic acid groups (broad SMARTS) is 1. The highest BCUT2D eigenvalue weighted by Crippen LogP contribution is 2.16. The Morgan fingerprint density at radius 3 is 2.79 bits per heavy atom. The van der Waals surface area contributed by atoms with Gasteiger partial charge in [-0.25, -0.2) is 4.79 Å². The summed E-state index contributed by atoms with van der Waals surface area (Å²) in [4.78, 5) is 10.3. The summed E-state index contributed by atoms with van der Waals surface area (Å²) in [6.45, 7) is 1.80. The van der Waals surface area contributed by atoms with Crippen molar-refractivity contribution < 1.29 is 9.90 Å². The number of benzene rings is 1. The van der Waals surface area contributed by atoms with Crippen molar-refractivity contribution in [3.63, 3.8) is 0 Å². The predicted molar refractivity (Wildman–Crippen MR) is 55.8 cm³/mol. The number of nitrogens with one attached hydrogen (secondary N) is 1. The fraction of sp³-hybridized carbons (Fsp3) is 0.300. The largest absolute Gasteiger partial charge is 0.465 e. The zero-order chi connectivity index (χ0) is 10.6. The number of hydrogen-bond acceptors (Lipinski definition) is 1. The van der Waals surface area contributed by atoms with Crippen LogP contribution in [0, 0.1) is 0 Å². The Hall–Kier alpha value is -1.22. The molecule has 3 nitrogen and oxygen atoms in total. The van der Waals surface area contributed by atoms with Crippen LogP contribution in [-0.4, -0.2) is 17.2 Å². The Morgan fingerprint density at radius 2 is 2.21 bits per heavy atom. The van der Waals surface area contributed by atoms with Crippen molar-refractivity contribution in [3.8, 4) is 0 Å². The molecule has 4 heteroatoms. The Morgan fingerprint density at radius 1 is 1.57 bits per heavy atom. The molecule has 0 fully saturated rings. The zero-order valence-corrected chi connectivity index (χ0v) is 8.58. The standard InChI is InChI=1S/C10H12ClNO2/c1-7(12-10(13)14)6-8-4-2-3-5-9(8)11/h2-5,7,12H,6H2,1H3,(H,13,14). The van der Waals surface area contributed by atoms with Gasteiger partial charge in [-0.1, -0.05) is 29.8 Å². The third-order valence-corrected chi connectivity index (χ3v) is 2.22. The van der Waals surface area contributed by atoms with Crippen LogP contribution in [0.5, 0.6) is 0 Å². The Labute approximate surface area is 87.7 Å². The average molecular weight is 214 g/mol. The smallest absolute Gasteiger partial charge is 0.404 e. The summed E-state index contributed by atoms with van der Waals surface area (Å²) in [5.41, 5.74) is 0.954. The fourth-order valence-corrected chi connectivity index (χ4v) is 1.47. The molecule has 0 aromatic heterocycles. The topological polar surface area (TPSA) is 49.3 Å². The van der Waals surface area contributed by atoms with Crippen LogP contribution in [-0.2, 0) is 6.42 Å². The second-order valence-electron chi connectivity index (χ2n) is 3.15. The van der Waals surface area contributed by atoms with Gasteiger partial charge in [0.25, 0.3) is 0 Å². The zero-order valence-electron chi connectivity index (χ0n) is 7.83. The first-order chi connectivity index (χ1) is 6.59. The van der Waals surface area contributed by atoms with Crippen LogP contribution in [0.1, 0.15) is 12.5 Å². The number of rotatable bonds is 3. The number of amides is 1. The summed E-state index contributed by atoms with van der Waals surface area (Å²) in [6, 6.07) is 7.29. The molecule has 1 aromatic rings. The molecule has 1 aromatic carbocycles. The summed E-state index contributed by atoms with van der Waals surface area (Å²) in [5, 5.41) is 11.5. The van der Waals surface area contributed by atoms with E-state index in [4.69, 9.17) is 16.7 Å². The van der Waals surface area contributed by atoms with E-state index in [0.717, 1.165) is 5.56 Å². The van der Waals surface area contributed by atoms with Crippen molar-refractivity contribution in [1.82, 2.24) is 5.32 Å². The van der Waals surface area contributed by atoms with E-state index in [9.17, 15) is 4.79 Å². The minimum Gasteiger partial charge on any atom is -0.465 e. The maximum Gasteiger partial charge on any atom is 0.404 e. The van der Waals surface area contributed by atoms with E-state index in [1.165, 1.54) is 0 Å². The maximum absolute atomic E-state index is 10.3. The first kappa shape index (κ1) is 10.9. The van der Waals surface area contributed by atoms with E-state index in [-0.39, 0.29) is 6.04 Å². The van der Waals surface area contributed by atoms with E-state index in [2.05, 4.69) is 5.32 Å². The number of carbonyl (C=O) groups is 1. The summed E-state index contributed by atoms with van der Waals surface area (Å²) in [7, 11) is 0. The van der Waals surface area contributed by atoms with Crippen LogP contribution in [0.15, 0.2) is 24.3 Å². The molecule has 0 aliphatic heterocycles. The highest BCUT2D eigenvalue weighted by molar-refractivity contribution is 6.31. The van der Waals surface area contributed by atoms with Gasteiger partial charge in [-0.15, -0.1) is 0 Å². The van der Waals surface area contributed by atoms with Gasteiger partial charge in [0.1, 0.15) is 0 Å². The lowest BCUT2D eigenvalue weighted by atomic mass is 10.1. The number of halogens is 1. The van der Waals surface area contributed by atoms with Gasteiger partial charge >= 0.3 is 6.09 Å². The molecular weight excluding hydrogens is 202 g/mol. The van der Waals surface area contributed by atoms with Gasteiger partial charge < -0.3 is 10.4 Å². The summed E-state index contributed by atoms with van der Waals surface area (Å²) >= 11 is 5.93. The van der Waals surface area contributed by atoms with Crippen LogP contribution < -0.4 is 5.32 Å². The van der Waals surface area contributed by atoms with Crippen LogP contribution >= 0.6 is 11.6 Å². The molecule has 1 rings (SSSR count). The average Bonchev–Trinajstić information content (AvgIpc) is 2.07. The molecule has 0 saturated carbocycles. The molecule has 14 heavy (non-hydrogen) atoms. The minimum atomic E-state index is -1.01. The first-order valence-corrected chi connectivity index (χ1v) is 4.70. The lowest BCUT2D eigenvalue weighted by Gasteiger charge is -2.11. The summed E-state index contributed by atoms with van der Waals surface area (Å²) in [6.07, 6.45) is -0.407. The normalized spacial score (nSPS) is 12.1. The highest BCUT2D eigenvalue weighted by atomic mass is 35.5. The SMILES string of the molecule is CC(Cc1ccccc1Cl)NC(=O)O. The lowest BCUT2D eigenvalue weighted by Crippen LogP contribution is -2.32. The molecule has 2 N–H and O–H groups in total. The van der Waals surface area contributed by atoms with E-state index in [1.807, 2.05) is 18.2 Å². The molecule has 0 radical (unpaired) electrons. The minimum absolute atomic E-state index is 0.132. The molecular formula is C10H12ClNO2. The van der Waals surface area contributed by atoms with Gasteiger partial charge in [0.05, 0.1) is 0 Å². The summed E-state index contributed by atoms with van der Waals surface area (Å²) in [5.74, 6) is 0. The Bertz CT molecular complexity index is 328. The first-order valence-electron chi connectivity index (χ1n) is 4.32. The van der Waals surface area contributed by atoms with E-state index >= 15 is 0 Å². The Kier molecular flexibility index (Phi) is 3.77. The molecule has 0 spiro atoms. The van der Waals surface area contributed by atoms with Gasteiger partial charge in [0, 0.05) is 11.1 Å². The van der Waals surface area contributed by atoms with Crippen molar-refractivity contribution >= 4 is 17.7 Å². The third kappa shape index (κ3) is 3.26. The van der Waals surface area contributed by atoms with Crippen LogP contribution in [0.3, 0.4) is 0 Å². The quantitative estimate of drug-likeness (QED) is 0.811.